The number of hydrogen-bond donors (Lipinski definition) is 3. The molecule has 7 nitrogen and oxygen atoms in total. The second kappa shape index (κ2) is 7.14. The fourth-order valence-electron chi connectivity index (χ4n) is 3.89. The molecule has 0 saturated heterocycles. The number of fused-ring (bicyclic) bond motifs is 1. The van der Waals surface area contributed by atoms with Gasteiger partial charge in [0.2, 0.25) is 0 Å². The molecule has 0 unspecified atom stereocenters. The Morgan fingerprint density at radius 2 is 1.89 bits per heavy atom. The van der Waals surface area contributed by atoms with E-state index < -0.39 is 5.60 Å². The average molecular weight is 381 g/mol. The molecular formula is C21H27N5O2. The molecular weight excluding hydrogens is 354 g/mol. The Morgan fingerprint density at radius 3 is 2.54 bits per heavy atom. The van der Waals surface area contributed by atoms with Crippen molar-refractivity contribution in [2.45, 2.75) is 57.3 Å². The summed E-state index contributed by atoms with van der Waals surface area (Å²) in [6.45, 7) is 8.29. The highest BCUT2D eigenvalue weighted by atomic mass is 16.3. The maximum absolute atomic E-state index is 10.1. The van der Waals surface area contributed by atoms with Crippen molar-refractivity contribution in [3.63, 3.8) is 0 Å². The maximum Gasteiger partial charge on any atom is 0.176 e. The molecule has 7 heteroatoms. The number of hydrogen-bond acceptors (Lipinski definition) is 7. The molecule has 2 aromatic rings. The van der Waals surface area contributed by atoms with Gasteiger partial charge in [0.1, 0.15) is 5.60 Å². The van der Waals surface area contributed by atoms with E-state index in [0.29, 0.717) is 12.2 Å². The summed E-state index contributed by atoms with van der Waals surface area (Å²) in [6.07, 6.45) is 6.67. The van der Waals surface area contributed by atoms with Crippen LogP contribution in [-0.2, 0) is 5.60 Å². The molecule has 0 aromatic carbocycles. The first-order valence-corrected chi connectivity index (χ1v) is 9.78. The number of nitrogens with one attached hydrogen (secondary N) is 1. The molecule has 28 heavy (non-hydrogen) atoms. The van der Waals surface area contributed by atoms with E-state index in [1.807, 2.05) is 12.1 Å². The lowest BCUT2D eigenvalue weighted by Gasteiger charge is -2.40. The summed E-state index contributed by atoms with van der Waals surface area (Å²) in [7, 11) is 0. The van der Waals surface area contributed by atoms with Crippen LogP contribution < -0.4 is 10.2 Å². The summed E-state index contributed by atoms with van der Waals surface area (Å²) in [4.78, 5) is 16.0. The van der Waals surface area contributed by atoms with Gasteiger partial charge in [-0.05, 0) is 51.7 Å². The van der Waals surface area contributed by atoms with Crippen molar-refractivity contribution < 1.29 is 10.2 Å². The van der Waals surface area contributed by atoms with Gasteiger partial charge in [-0.25, -0.2) is 9.97 Å². The highest BCUT2D eigenvalue weighted by Crippen LogP contribution is 2.36. The van der Waals surface area contributed by atoms with Gasteiger partial charge in [0.05, 0.1) is 30.2 Å². The van der Waals surface area contributed by atoms with Gasteiger partial charge in [-0.2, -0.15) is 0 Å². The van der Waals surface area contributed by atoms with Gasteiger partial charge >= 0.3 is 0 Å². The van der Waals surface area contributed by atoms with E-state index >= 15 is 0 Å². The van der Waals surface area contributed by atoms with E-state index in [0.717, 1.165) is 54.3 Å². The van der Waals surface area contributed by atoms with E-state index in [4.69, 9.17) is 4.98 Å². The van der Waals surface area contributed by atoms with Crippen LogP contribution in [0.1, 0.15) is 45.2 Å². The Labute approximate surface area is 165 Å². The van der Waals surface area contributed by atoms with Crippen molar-refractivity contribution in [1.82, 2.24) is 15.0 Å². The van der Waals surface area contributed by atoms with Crippen LogP contribution in [0.5, 0.6) is 0 Å². The molecule has 2 aromatic heterocycles. The van der Waals surface area contributed by atoms with Crippen LogP contribution in [0.15, 0.2) is 36.8 Å². The van der Waals surface area contributed by atoms with Gasteiger partial charge in [0.15, 0.2) is 11.6 Å². The van der Waals surface area contributed by atoms with Crippen LogP contribution in [0, 0.1) is 0 Å². The van der Waals surface area contributed by atoms with Gasteiger partial charge in [0, 0.05) is 23.5 Å². The number of nitrogens with zero attached hydrogens (tertiary/aromatic N) is 4. The fraction of sp³-hybridized carbons (Fsp3) is 0.476. The number of anilines is 2. The van der Waals surface area contributed by atoms with Crippen LogP contribution in [-0.4, -0.2) is 43.9 Å². The molecule has 4 rings (SSSR count). The van der Waals surface area contributed by atoms with Crippen molar-refractivity contribution in [2.24, 2.45) is 0 Å². The van der Waals surface area contributed by atoms with E-state index in [2.05, 4.69) is 26.8 Å². The summed E-state index contributed by atoms with van der Waals surface area (Å²) >= 11 is 0. The molecule has 1 aliphatic carbocycles. The van der Waals surface area contributed by atoms with Gasteiger partial charge in [0.25, 0.3) is 0 Å². The third-order valence-electron chi connectivity index (χ3n) is 5.50. The lowest BCUT2D eigenvalue weighted by atomic mass is 9.91. The number of rotatable bonds is 3. The van der Waals surface area contributed by atoms with Crippen molar-refractivity contribution in [3.8, 4) is 11.3 Å². The molecule has 148 valence electrons. The van der Waals surface area contributed by atoms with Gasteiger partial charge in [-0.15, -0.1) is 0 Å². The summed E-state index contributed by atoms with van der Waals surface area (Å²) < 4.78 is 0. The minimum absolute atomic E-state index is 0.204. The lowest BCUT2D eigenvalue weighted by molar-refractivity contribution is 0.0739. The number of aromatic nitrogens is 3. The van der Waals surface area contributed by atoms with Gasteiger partial charge in [-0.3, -0.25) is 4.98 Å². The van der Waals surface area contributed by atoms with Gasteiger partial charge in [-0.1, -0.05) is 6.58 Å². The molecule has 0 bridgehead atoms. The minimum atomic E-state index is -0.982. The molecule has 1 aliphatic heterocycles. The first-order chi connectivity index (χ1) is 13.3. The van der Waals surface area contributed by atoms with E-state index in [1.165, 1.54) is 0 Å². The first-order valence-electron chi connectivity index (χ1n) is 9.78. The van der Waals surface area contributed by atoms with E-state index in [1.54, 1.807) is 26.2 Å². The minimum Gasteiger partial charge on any atom is -0.393 e. The molecule has 0 radical (unpaired) electrons. The molecule has 1 saturated carbocycles. The molecule has 2 aliphatic rings. The Balaban J connectivity index is 1.67. The molecule has 3 heterocycles. The Bertz CT molecular complexity index is 867. The van der Waals surface area contributed by atoms with Crippen LogP contribution in [0.3, 0.4) is 0 Å². The zero-order chi connectivity index (χ0) is 19.9. The number of aliphatic hydroxyl groups excluding tert-OH is 1. The zero-order valence-electron chi connectivity index (χ0n) is 16.4. The predicted molar refractivity (Wildman–Crippen MR) is 109 cm³/mol. The molecule has 0 amide bonds. The third kappa shape index (κ3) is 3.59. The first kappa shape index (κ1) is 18.8. The Hall–Kier alpha value is -2.51. The van der Waals surface area contributed by atoms with Gasteiger partial charge < -0.3 is 20.4 Å². The van der Waals surface area contributed by atoms with E-state index in [9.17, 15) is 10.2 Å². The quantitative estimate of drug-likeness (QED) is 0.752. The monoisotopic (exact) mass is 381 g/mol. The second-order valence-corrected chi connectivity index (χ2v) is 8.17. The zero-order valence-corrected chi connectivity index (χ0v) is 16.4. The average Bonchev–Trinajstić information content (AvgIpc) is 2.68. The summed E-state index contributed by atoms with van der Waals surface area (Å²) in [5.74, 6) is 1.53. The van der Waals surface area contributed by atoms with Crippen molar-refractivity contribution in [3.05, 3.63) is 42.5 Å². The van der Waals surface area contributed by atoms with Crippen LogP contribution in [0.4, 0.5) is 11.6 Å². The normalized spacial score (nSPS) is 22.6. The highest BCUT2D eigenvalue weighted by Gasteiger charge is 2.32. The number of pyridine rings is 1. The largest absolute Gasteiger partial charge is 0.393 e. The van der Waals surface area contributed by atoms with Crippen molar-refractivity contribution in [2.75, 3.05) is 16.8 Å². The van der Waals surface area contributed by atoms with Crippen LogP contribution >= 0.6 is 0 Å². The smallest absolute Gasteiger partial charge is 0.176 e. The molecule has 0 spiro atoms. The summed E-state index contributed by atoms with van der Waals surface area (Å²) in [5, 5.41) is 23.2. The summed E-state index contributed by atoms with van der Waals surface area (Å²) in [5.41, 5.74) is 2.17. The molecule has 3 N–H and O–H groups in total. The lowest BCUT2D eigenvalue weighted by Crippen LogP contribution is -2.43. The number of aliphatic hydroxyl groups is 2. The second-order valence-electron chi connectivity index (χ2n) is 8.17. The van der Waals surface area contributed by atoms with E-state index in [-0.39, 0.29) is 12.1 Å². The fourth-order valence-corrected chi connectivity index (χ4v) is 3.89. The van der Waals surface area contributed by atoms with Crippen LogP contribution in [0.2, 0.25) is 0 Å². The van der Waals surface area contributed by atoms with Crippen LogP contribution in [0.25, 0.3) is 11.3 Å². The Kier molecular flexibility index (Phi) is 4.81. The topological polar surface area (TPSA) is 94.4 Å². The summed E-state index contributed by atoms with van der Waals surface area (Å²) in [6, 6.07) is 3.99. The highest BCUT2D eigenvalue weighted by molar-refractivity contribution is 5.72. The molecule has 0 atom stereocenters. The molecule has 1 fully saturated rings. The predicted octanol–water partition coefficient (Wildman–Crippen LogP) is 2.82. The SMILES string of the molecule is C=C1CNc2ncc(-c3ccc(C(C)(C)O)nc3)nc2N1[C@H]1CC[C@H](O)CC1. The Morgan fingerprint density at radius 1 is 1.14 bits per heavy atom. The van der Waals surface area contributed by atoms with Crippen molar-refractivity contribution in [1.29, 1.82) is 0 Å². The van der Waals surface area contributed by atoms with Crippen molar-refractivity contribution >= 4 is 11.6 Å². The maximum atomic E-state index is 10.1. The third-order valence-corrected chi connectivity index (χ3v) is 5.50. The standard InChI is InChI=1S/C21H27N5O2/c1-13-10-23-19-20(26(13)15-5-7-16(27)8-6-15)25-17(12-24-19)14-4-9-18(22-11-14)21(2,3)28/h4,9,11-12,15-16,27-28H,1,5-8,10H2,2-3H3,(H,23,24)/t15-,16-.